The van der Waals surface area contributed by atoms with Gasteiger partial charge >= 0.3 is 0 Å². The molecule has 2 heterocycles. The average molecular weight is 287 g/mol. The first kappa shape index (κ1) is 13.8. The highest BCUT2D eigenvalue weighted by atomic mass is 35.5. The number of benzene rings is 1. The van der Waals surface area contributed by atoms with Crippen LogP contribution in [0.3, 0.4) is 0 Å². The van der Waals surface area contributed by atoms with Crippen LogP contribution in [0.1, 0.15) is 6.42 Å². The van der Waals surface area contributed by atoms with Crippen LogP contribution < -0.4 is 20.5 Å². The highest BCUT2D eigenvalue weighted by molar-refractivity contribution is 5.96. The lowest BCUT2D eigenvalue weighted by Crippen LogP contribution is -2.23. The number of carbonyl (C=O) groups excluding carboxylic acids is 1. The monoisotopic (exact) mass is 286 g/mol. The number of halogens is 1. The smallest absolute Gasteiger partial charge is 0.231 e. The summed E-state index contributed by atoms with van der Waals surface area (Å²) in [7, 11) is 0. The molecule has 7 heteroatoms. The first-order valence-electron chi connectivity index (χ1n) is 5.82. The molecule has 3 rings (SSSR count). The molecule has 1 aromatic carbocycles. The maximum absolute atomic E-state index is 11.9. The molecule has 2 aliphatic rings. The molecule has 1 amide bonds. The summed E-state index contributed by atoms with van der Waals surface area (Å²) >= 11 is 0. The molecule has 0 aromatic heterocycles. The van der Waals surface area contributed by atoms with Gasteiger partial charge in [-0.05, 0) is 6.42 Å². The van der Waals surface area contributed by atoms with Crippen molar-refractivity contribution in [2.24, 2.45) is 5.92 Å². The third-order valence-electron chi connectivity index (χ3n) is 3.10. The van der Waals surface area contributed by atoms with Crippen LogP contribution >= 0.6 is 12.4 Å². The molecule has 1 saturated heterocycles. The standard InChI is InChI=1S/C12H14N2O4.ClH/c13-8-3-10-11(18-6-17-10)4-9(8)14-12(15)7-1-2-16-5-7;/h3-4,7H,1-2,5-6,13H2,(H,14,15);1H. The highest BCUT2D eigenvalue weighted by Crippen LogP contribution is 2.38. The number of ether oxygens (including phenoxy) is 3. The van der Waals surface area contributed by atoms with Crippen LogP contribution in [0.15, 0.2) is 12.1 Å². The Bertz CT molecular complexity index is 489. The summed E-state index contributed by atoms with van der Waals surface area (Å²) in [5, 5.41) is 2.80. The molecule has 19 heavy (non-hydrogen) atoms. The number of hydrogen-bond donors (Lipinski definition) is 2. The fourth-order valence-corrected chi connectivity index (χ4v) is 2.04. The zero-order valence-corrected chi connectivity index (χ0v) is 11.0. The number of nitrogens with two attached hydrogens (primary N) is 1. The number of anilines is 2. The summed E-state index contributed by atoms with van der Waals surface area (Å²) in [6.45, 7) is 1.29. The molecule has 0 aliphatic carbocycles. The van der Waals surface area contributed by atoms with Crippen molar-refractivity contribution in [2.45, 2.75) is 6.42 Å². The van der Waals surface area contributed by atoms with Crippen molar-refractivity contribution in [1.29, 1.82) is 0 Å². The largest absolute Gasteiger partial charge is 0.454 e. The van der Waals surface area contributed by atoms with Crippen molar-refractivity contribution < 1.29 is 19.0 Å². The van der Waals surface area contributed by atoms with Crippen molar-refractivity contribution >= 4 is 29.7 Å². The van der Waals surface area contributed by atoms with Gasteiger partial charge in [-0.2, -0.15) is 0 Å². The molecule has 3 N–H and O–H groups in total. The predicted octanol–water partition coefficient (Wildman–Crippen LogP) is 1.39. The normalized spacial score (nSPS) is 19.9. The minimum absolute atomic E-state index is 0. The molecule has 2 aliphatic heterocycles. The predicted molar refractivity (Wildman–Crippen MR) is 71.8 cm³/mol. The quantitative estimate of drug-likeness (QED) is 0.803. The van der Waals surface area contributed by atoms with Gasteiger partial charge in [0.15, 0.2) is 11.5 Å². The van der Waals surface area contributed by atoms with E-state index in [9.17, 15) is 4.79 Å². The summed E-state index contributed by atoms with van der Waals surface area (Å²) < 4.78 is 15.6. The maximum Gasteiger partial charge on any atom is 0.231 e. The van der Waals surface area contributed by atoms with Crippen LogP contribution in [0.2, 0.25) is 0 Å². The summed E-state index contributed by atoms with van der Waals surface area (Å²) in [6, 6.07) is 3.34. The molecule has 0 spiro atoms. The van der Waals surface area contributed by atoms with Crippen molar-refractivity contribution in [3.8, 4) is 11.5 Å². The second-order valence-corrected chi connectivity index (χ2v) is 4.34. The summed E-state index contributed by atoms with van der Waals surface area (Å²) in [6.07, 6.45) is 0.746. The molecule has 1 atom stereocenters. The number of hydrogen-bond acceptors (Lipinski definition) is 5. The molecular formula is C12H15ClN2O4. The molecule has 0 radical (unpaired) electrons. The van der Waals surface area contributed by atoms with Crippen molar-refractivity contribution in [3.63, 3.8) is 0 Å². The first-order chi connectivity index (χ1) is 8.74. The minimum Gasteiger partial charge on any atom is -0.454 e. The number of fused-ring (bicyclic) bond motifs is 1. The fourth-order valence-electron chi connectivity index (χ4n) is 2.04. The molecule has 0 saturated carbocycles. The van der Waals surface area contributed by atoms with Crippen LogP contribution in [0.5, 0.6) is 11.5 Å². The lowest BCUT2D eigenvalue weighted by atomic mass is 10.1. The van der Waals surface area contributed by atoms with Crippen molar-refractivity contribution in [1.82, 2.24) is 0 Å². The second-order valence-electron chi connectivity index (χ2n) is 4.34. The van der Waals surface area contributed by atoms with Crippen LogP contribution in [-0.4, -0.2) is 25.9 Å². The van der Waals surface area contributed by atoms with E-state index >= 15 is 0 Å². The van der Waals surface area contributed by atoms with E-state index in [-0.39, 0.29) is 31.0 Å². The van der Waals surface area contributed by atoms with Crippen LogP contribution in [0.25, 0.3) is 0 Å². The first-order valence-corrected chi connectivity index (χ1v) is 5.82. The Labute approximate surface area is 116 Å². The van der Waals surface area contributed by atoms with Crippen LogP contribution in [-0.2, 0) is 9.53 Å². The number of carbonyl (C=O) groups is 1. The molecule has 104 valence electrons. The van der Waals surface area contributed by atoms with Gasteiger partial charge < -0.3 is 25.3 Å². The Kier molecular flexibility index (Phi) is 4.01. The van der Waals surface area contributed by atoms with Gasteiger partial charge in [0, 0.05) is 18.7 Å². The minimum atomic E-state index is -0.102. The van der Waals surface area contributed by atoms with Gasteiger partial charge in [0.1, 0.15) is 0 Å². The van der Waals surface area contributed by atoms with E-state index in [1.165, 1.54) is 0 Å². The number of rotatable bonds is 2. The molecular weight excluding hydrogens is 272 g/mol. The van der Waals surface area contributed by atoms with Gasteiger partial charge in [-0.1, -0.05) is 0 Å². The Balaban J connectivity index is 0.00000133. The summed E-state index contributed by atoms with van der Waals surface area (Å²) in [4.78, 5) is 11.9. The Morgan fingerprint density at radius 1 is 1.32 bits per heavy atom. The van der Waals surface area contributed by atoms with Gasteiger partial charge in [-0.15, -0.1) is 12.4 Å². The molecule has 1 aromatic rings. The average Bonchev–Trinajstić information content (AvgIpc) is 2.98. The topological polar surface area (TPSA) is 82.8 Å². The fraction of sp³-hybridized carbons (Fsp3) is 0.417. The van der Waals surface area contributed by atoms with Crippen molar-refractivity contribution in [2.75, 3.05) is 31.1 Å². The van der Waals surface area contributed by atoms with E-state index in [1.54, 1.807) is 12.1 Å². The molecule has 0 bridgehead atoms. The van der Waals surface area contributed by atoms with E-state index in [0.717, 1.165) is 6.42 Å². The van der Waals surface area contributed by atoms with Gasteiger partial charge in [0.2, 0.25) is 12.7 Å². The number of amides is 1. The van der Waals surface area contributed by atoms with Gasteiger partial charge in [0.05, 0.1) is 23.9 Å². The maximum atomic E-state index is 11.9. The van der Waals surface area contributed by atoms with E-state index in [0.29, 0.717) is 36.1 Å². The molecule has 1 unspecified atom stereocenters. The Hall–Kier alpha value is -1.66. The zero-order valence-electron chi connectivity index (χ0n) is 10.2. The van der Waals surface area contributed by atoms with E-state index in [2.05, 4.69) is 5.32 Å². The van der Waals surface area contributed by atoms with Crippen LogP contribution in [0.4, 0.5) is 11.4 Å². The summed E-state index contributed by atoms with van der Waals surface area (Å²) in [5.41, 5.74) is 6.88. The third-order valence-corrected chi connectivity index (χ3v) is 3.10. The lowest BCUT2D eigenvalue weighted by Gasteiger charge is -2.12. The Morgan fingerprint density at radius 3 is 2.74 bits per heavy atom. The molecule has 6 nitrogen and oxygen atoms in total. The third kappa shape index (κ3) is 2.69. The number of nitrogen functional groups attached to an aromatic ring is 1. The van der Waals surface area contributed by atoms with E-state index in [1.807, 2.05) is 0 Å². The van der Waals surface area contributed by atoms with Gasteiger partial charge in [-0.25, -0.2) is 0 Å². The SMILES string of the molecule is Cl.Nc1cc2c(cc1NC(=O)C1CCOC1)OCO2. The number of nitrogens with one attached hydrogen (secondary N) is 1. The van der Waals surface area contributed by atoms with Crippen molar-refractivity contribution in [3.05, 3.63) is 12.1 Å². The van der Waals surface area contributed by atoms with E-state index < -0.39 is 0 Å². The van der Waals surface area contributed by atoms with E-state index in [4.69, 9.17) is 19.9 Å². The zero-order chi connectivity index (χ0) is 12.5. The summed E-state index contributed by atoms with van der Waals surface area (Å²) in [5.74, 6) is 1.03. The second kappa shape index (κ2) is 5.54. The van der Waals surface area contributed by atoms with Crippen LogP contribution in [0, 0.1) is 5.92 Å². The lowest BCUT2D eigenvalue weighted by molar-refractivity contribution is -0.119. The highest BCUT2D eigenvalue weighted by Gasteiger charge is 2.25. The van der Waals surface area contributed by atoms with Gasteiger partial charge in [-0.3, -0.25) is 4.79 Å². The van der Waals surface area contributed by atoms with Gasteiger partial charge in [0.25, 0.3) is 0 Å². The molecule has 1 fully saturated rings. The Morgan fingerprint density at radius 2 is 2.05 bits per heavy atom.